The van der Waals surface area contributed by atoms with Crippen LogP contribution in [-0.4, -0.2) is 49.9 Å². The molecule has 2 heterocycles. The minimum atomic E-state index is -0.0342. The molecule has 7 heteroatoms. The third-order valence-electron chi connectivity index (χ3n) is 5.17. The summed E-state index contributed by atoms with van der Waals surface area (Å²) in [5.41, 5.74) is 1.66. The van der Waals surface area contributed by atoms with E-state index in [9.17, 15) is 4.79 Å². The minimum absolute atomic E-state index is 0.0342. The Labute approximate surface area is 154 Å². The zero-order valence-corrected chi connectivity index (χ0v) is 15.6. The molecular formula is C19H28N6O. The lowest BCUT2D eigenvalue weighted by atomic mass is 9.91. The molecule has 140 valence electrons. The van der Waals surface area contributed by atoms with Gasteiger partial charge >= 0.3 is 0 Å². The molecule has 26 heavy (non-hydrogen) atoms. The number of hydrogen-bond acceptors (Lipinski definition) is 5. The first-order valence-corrected chi connectivity index (χ1v) is 9.54. The van der Waals surface area contributed by atoms with Crippen molar-refractivity contribution >= 4 is 5.91 Å². The van der Waals surface area contributed by atoms with E-state index in [4.69, 9.17) is 0 Å². The van der Waals surface area contributed by atoms with E-state index in [1.807, 2.05) is 37.0 Å². The number of aromatic nitrogens is 4. The predicted molar refractivity (Wildman–Crippen MR) is 99.6 cm³/mol. The Bertz CT molecular complexity index is 689. The standard InChI is InChI=1S/C19H28N6O/c1-3-24(4-2)19(26)18-14-25(23-22-18)17-9-7-16(8-10-17)21-13-15-6-5-11-20-12-15/h5-6,11-12,14,16-17,21H,3-4,7-10,13H2,1-2H3. The second-order valence-electron chi connectivity index (χ2n) is 6.81. The Hall–Kier alpha value is -2.28. The molecule has 0 spiro atoms. The van der Waals surface area contributed by atoms with Gasteiger partial charge in [0.2, 0.25) is 0 Å². The van der Waals surface area contributed by atoms with Crippen LogP contribution < -0.4 is 5.32 Å². The molecule has 2 aromatic heterocycles. The van der Waals surface area contributed by atoms with Gasteiger partial charge in [-0.15, -0.1) is 5.10 Å². The lowest BCUT2D eigenvalue weighted by Crippen LogP contribution is -2.33. The number of rotatable bonds is 7. The third-order valence-corrected chi connectivity index (χ3v) is 5.17. The molecular weight excluding hydrogens is 328 g/mol. The van der Waals surface area contributed by atoms with Crippen molar-refractivity contribution in [1.29, 1.82) is 0 Å². The van der Waals surface area contributed by atoms with E-state index in [-0.39, 0.29) is 5.91 Å². The zero-order chi connectivity index (χ0) is 18.4. The van der Waals surface area contributed by atoms with Crippen molar-refractivity contribution in [2.75, 3.05) is 13.1 Å². The Morgan fingerprint density at radius 2 is 2.04 bits per heavy atom. The van der Waals surface area contributed by atoms with Crippen molar-refractivity contribution in [3.8, 4) is 0 Å². The first-order valence-electron chi connectivity index (χ1n) is 9.54. The summed E-state index contributed by atoms with van der Waals surface area (Å²) in [6.45, 7) is 6.19. The van der Waals surface area contributed by atoms with Gasteiger partial charge in [0, 0.05) is 38.1 Å². The van der Waals surface area contributed by atoms with Crippen LogP contribution in [0, 0.1) is 0 Å². The summed E-state index contributed by atoms with van der Waals surface area (Å²) in [7, 11) is 0. The Kier molecular flexibility index (Phi) is 6.33. The van der Waals surface area contributed by atoms with Crippen LogP contribution in [0.15, 0.2) is 30.7 Å². The molecule has 1 fully saturated rings. The van der Waals surface area contributed by atoms with Crippen molar-refractivity contribution in [2.24, 2.45) is 0 Å². The third kappa shape index (κ3) is 4.46. The highest BCUT2D eigenvalue weighted by Gasteiger charge is 2.24. The highest BCUT2D eigenvalue weighted by atomic mass is 16.2. The van der Waals surface area contributed by atoms with Crippen molar-refractivity contribution in [1.82, 2.24) is 30.2 Å². The van der Waals surface area contributed by atoms with Crippen LogP contribution in [0.3, 0.4) is 0 Å². The molecule has 2 aromatic rings. The molecule has 0 aliphatic heterocycles. The van der Waals surface area contributed by atoms with Crippen LogP contribution in [-0.2, 0) is 6.54 Å². The maximum absolute atomic E-state index is 12.4. The van der Waals surface area contributed by atoms with E-state index in [1.165, 1.54) is 5.56 Å². The molecule has 1 aliphatic rings. The number of amides is 1. The smallest absolute Gasteiger partial charge is 0.276 e. The Balaban J connectivity index is 1.50. The van der Waals surface area contributed by atoms with Crippen LogP contribution in [0.2, 0.25) is 0 Å². The zero-order valence-electron chi connectivity index (χ0n) is 15.6. The number of nitrogens with zero attached hydrogens (tertiary/aromatic N) is 5. The first-order chi connectivity index (χ1) is 12.7. The second-order valence-corrected chi connectivity index (χ2v) is 6.81. The van der Waals surface area contributed by atoms with Gasteiger partial charge in [0.1, 0.15) is 0 Å². The van der Waals surface area contributed by atoms with E-state index in [0.717, 1.165) is 32.2 Å². The summed E-state index contributed by atoms with van der Waals surface area (Å²) in [6, 6.07) is 4.91. The van der Waals surface area contributed by atoms with Crippen molar-refractivity contribution in [3.05, 3.63) is 42.0 Å². The molecule has 1 N–H and O–H groups in total. The highest BCUT2D eigenvalue weighted by Crippen LogP contribution is 2.28. The summed E-state index contributed by atoms with van der Waals surface area (Å²) in [5.74, 6) is -0.0342. The van der Waals surface area contributed by atoms with Crippen LogP contribution in [0.5, 0.6) is 0 Å². The van der Waals surface area contributed by atoms with Crippen molar-refractivity contribution < 1.29 is 4.79 Å². The number of hydrogen-bond donors (Lipinski definition) is 1. The number of carbonyl (C=O) groups is 1. The van der Waals surface area contributed by atoms with Crippen molar-refractivity contribution in [3.63, 3.8) is 0 Å². The molecule has 1 aliphatic carbocycles. The Morgan fingerprint density at radius 1 is 1.27 bits per heavy atom. The van der Waals surface area contributed by atoms with E-state index in [0.29, 0.717) is 30.9 Å². The molecule has 0 saturated heterocycles. The molecule has 0 unspecified atom stereocenters. The Morgan fingerprint density at radius 3 is 2.69 bits per heavy atom. The minimum Gasteiger partial charge on any atom is -0.338 e. The van der Waals surface area contributed by atoms with Gasteiger partial charge in [-0.05, 0) is 51.2 Å². The highest BCUT2D eigenvalue weighted by molar-refractivity contribution is 5.91. The number of pyridine rings is 1. The largest absolute Gasteiger partial charge is 0.338 e. The van der Waals surface area contributed by atoms with E-state index in [2.05, 4.69) is 26.7 Å². The van der Waals surface area contributed by atoms with Crippen LogP contribution in [0.25, 0.3) is 0 Å². The van der Waals surface area contributed by atoms with Gasteiger partial charge in [0.15, 0.2) is 5.69 Å². The summed E-state index contributed by atoms with van der Waals surface area (Å²) in [5, 5.41) is 11.9. The normalized spacial score (nSPS) is 20.1. The van der Waals surface area contributed by atoms with Crippen LogP contribution in [0.4, 0.5) is 0 Å². The summed E-state index contributed by atoms with van der Waals surface area (Å²) in [6.07, 6.45) is 9.82. The fourth-order valence-corrected chi connectivity index (χ4v) is 3.54. The molecule has 1 saturated carbocycles. The van der Waals surface area contributed by atoms with Crippen molar-refractivity contribution in [2.45, 2.75) is 58.2 Å². The van der Waals surface area contributed by atoms with Gasteiger partial charge in [-0.3, -0.25) is 9.78 Å². The lowest BCUT2D eigenvalue weighted by Gasteiger charge is -2.29. The fourth-order valence-electron chi connectivity index (χ4n) is 3.54. The first kappa shape index (κ1) is 18.5. The molecule has 7 nitrogen and oxygen atoms in total. The maximum atomic E-state index is 12.4. The van der Waals surface area contributed by atoms with Gasteiger partial charge in [0.05, 0.1) is 12.2 Å². The van der Waals surface area contributed by atoms with Gasteiger partial charge < -0.3 is 10.2 Å². The average molecular weight is 356 g/mol. The SMILES string of the molecule is CCN(CC)C(=O)c1cn(C2CCC(NCc3cccnc3)CC2)nn1. The lowest BCUT2D eigenvalue weighted by molar-refractivity contribution is 0.0767. The monoisotopic (exact) mass is 356 g/mol. The topological polar surface area (TPSA) is 75.9 Å². The fraction of sp³-hybridized carbons (Fsp3) is 0.579. The maximum Gasteiger partial charge on any atom is 0.276 e. The average Bonchev–Trinajstić information content (AvgIpc) is 3.19. The van der Waals surface area contributed by atoms with Gasteiger partial charge in [-0.25, -0.2) is 4.68 Å². The number of carbonyl (C=O) groups excluding carboxylic acids is 1. The van der Waals surface area contributed by atoms with Crippen LogP contribution >= 0.6 is 0 Å². The van der Waals surface area contributed by atoms with E-state index in [1.54, 1.807) is 11.1 Å². The van der Waals surface area contributed by atoms with E-state index >= 15 is 0 Å². The van der Waals surface area contributed by atoms with Gasteiger partial charge in [-0.2, -0.15) is 0 Å². The molecule has 1 amide bonds. The molecule has 0 atom stereocenters. The summed E-state index contributed by atoms with van der Waals surface area (Å²) >= 11 is 0. The molecule has 0 aromatic carbocycles. The van der Waals surface area contributed by atoms with Gasteiger partial charge in [0.25, 0.3) is 5.91 Å². The second kappa shape index (κ2) is 8.89. The molecule has 0 radical (unpaired) electrons. The molecule has 3 rings (SSSR count). The quantitative estimate of drug-likeness (QED) is 0.824. The van der Waals surface area contributed by atoms with Gasteiger partial charge in [-0.1, -0.05) is 11.3 Å². The molecule has 0 bridgehead atoms. The summed E-state index contributed by atoms with van der Waals surface area (Å²) in [4.78, 5) is 18.3. The summed E-state index contributed by atoms with van der Waals surface area (Å²) < 4.78 is 1.88. The number of nitrogens with one attached hydrogen (secondary N) is 1. The predicted octanol–water partition coefficient (Wildman–Crippen LogP) is 2.43. The van der Waals surface area contributed by atoms with E-state index < -0.39 is 0 Å². The van der Waals surface area contributed by atoms with Crippen LogP contribution in [0.1, 0.15) is 61.6 Å².